The van der Waals surface area contributed by atoms with E-state index in [0.29, 0.717) is 13.0 Å². The largest absolute Gasteiger partial charge is 0.497 e. The SMILES string of the molecule is COc1ccc(C(C)C(=O)NCC(CC(C)O)c2ccccc2)cc1. The van der Waals surface area contributed by atoms with E-state index < -0.39 is 6.10 Å². The molecule has 2 N–H and O–H groups in total. The van der Waals surface area contributed by atoms with Crippen LogP contribution in [0.2, 0.25) is 0 Å². The summed E-state index contributed by atoms with van der Waals surface area (Å²) < 4.78 is 5.15. The fourth-order valence-corrected chi connectivity index (χ4v) is 2.90. The van der Waals surface area contributed by atoms with Gasteiger partial charge >= 0.3 is 0 Å². The van der Waals surface area contributed by atoms with E-state index in [1.807, 2.05) is 61.5 Å². The number of nitrogens with one attached hydrogen (secondary N) is 1. The van der Waals surface area contributed by atoms with E-state index in [-0.39, 0.29) is 17.7 Å². The Bertz CT molecular complexity index is 653. The highest BCUT2D eigenvalue weighted by atomic mass is 16.5. The lowest BCUT2D eigenvalue weighted by Gasteiger charge is -2.21. The zero-order valence-corrected chi connectivity index (χ0v) is 15.1. The van der Waals surface area contributed by atoms with E-state index in [4.69, 9.17) is 4.74 Å². The number of aliphatic hydroxyl groups excluding tert-OH is 1. The Morgan fingerprint density at radius 2 is 1.68 bits per heavy atom. The summed E-state index contributed by atoms with van der Waals surface area (Å²) in [5.41, 5.74) is 2.07. The van der Waals surface area contributed by atoms with Crippen LogP contribution in [0.5, 0.6) is 5.75 Å². The van der Waals surface area contributed by atoms with Crippen molar-refractivity contribution < 1.29 is 14.6 Å². The molecule has 3 unspecified atom stereocenters. The summed E-state index contributed by atoms with van der Waals surface area (Å²) in [5.74, 6) is 0.608. The van der Waals surface area contributed by atoms with E-state index >= 15 is 0 Å². The summed E-state index contributed by atoms with van der Waals surface area (Å²) in [7, 11) is 1.62. The first-order valence-electron chi connectivity index (χ1n) is 8.66. The molecule has 1 amide bonds. The van der Waals surface area contributed by atoms with Gasteiger partial charge in [0.1, 0.15) is 5.75 Å². The normalized spacial score (nSPS) is 14.4. The lowest BCUT2D eigenvalue weighted by molar-refractivity contribution is -0.122. The smallest absolute Gasteiger partial charge is 0.227 e. The van der Waals surface area contributed by atoms with Crippen molar-refractivity contribution in [2.75, 3.05) is 13.7 Å². The maximum absolute atomic E-state index is 12.5. The predicted molar refractivity (Wildman–Crippen MR) is 99.9 cm³/mol. The van der Waals surface area contributed by atoms with E-state index in [1.165, 1.54) is 0 Å². The fraction of sp³-hybridized carbons (Fsp3) is 0.381. The van der Waals surface area contributed by atoms with Gasteiger partial charge in [0.2, 0.25) is 5.91 Å². The van der Waals surface area contributed by atoms with Gasteiger partial charge in [0.25, 0.3) is 0 Å². The standard InChI is InChI=1S/C21H27NO3/c1-15(23)13-19(18-7-5-4-6-8-18)14-22-21(24)16(2)17-9-11-20(25-3)12-10-17/h4-12,15-16,19,23H,13-14H2,1-3H3,(H,22,24). The lowest BCUT2D eigenvalue weighted by atomic mass is 9.93. The maximum atomic E-state index is 12.5. The number of rotatable bonds is 8. The van der Waals surface area contributed by atoms with Crippen molar-refractivity contribution in [2.24, 2.45) is 0 Å². The number of hydrogen-bond acceptors (Lipinski definition) is 3. The third-order valence-electron chi connectivity index (χ3n) is 4.43. The Balaban J connectivity index is 1.99. The van der Waals surface area contributed by atoms with Gasteiger partial charge in [-0.1, -0.05) is 42.5 Å². The molecule has 4 heteroatoms. The molecular formula is C21H27NO3. The Hall–Kier alpha value is -2.33. The molecule has 0 fully saturated rings. The van der Waals surface area contributed by atoms with E-state index in [9.17, 15) is 9.90 Å². The topological polar surface area (TPSA) is 58.6 Å². The first-order valence-corrected chi connectivity index (χ1v) is 8.66. The summed E-state index contributed by atoms with van der Waals surface area (Å²) in [6.07, 6.45) is 0.197. The number of carbonyl (C=O) groups excluding carboxylic acids is 1. The average Bonchev–Trinajstić information content (AvgIpc) is 2.64. The number of methoxy groups -OCH3 is 1. The van der Waals surface area contributed by atoms with Gasteiger partial charge in [0.05, 0.1) is 19.1 Å². The minimum atomic E-state index is -0.416. The van der Waals surface area contributed by atoms with Gasteiger partial charge in [0, 0.05) is 12.5 Å². The molecule has 0 aliphatic carbocycles. The second-order valence-electron chi connectivity index (χ2n) is 6.43. The lowest BCUT2D eigenvalue weighted by Crippen LogP contribution is -2.32. The van der Waals surface area contributed by atoms with Crippen molar-refractivity contribution in [3.63, 3.8) is 0 Å². The molecule has 2 aromatic carbocycles. The fourth-order valence-electron chi connectivity index (χ4n) is 2.90. The second-order valence-corrected chi connectivity index (χ2v) is 6.43. The Morgan fingerprint density at radius 3 is 2.24 bits per heavy atom. The summed E-state index contributed by atoms with van der Waals surface area (Å²) in [5, 5.41) is 12.8. The molecule has 2 aromatic rings. The first kappa shape index (κ1) is 19.0. The van der Waals surface area contributed by atoms with Crippen molar-refractivity contribution in [3.05, 3.63) is 65.7 Å². The molecule has 0 radical (unpaired) electrons. The third kappa shape index (κ3) is 5.61. The minimum absolute atomic E-state index is 0.0170. The molecule has 0 saturated carbocycles. The van der Waals surface area contributed by atoms with E-state index in [0.717, 1.165) is 16.9 Å². The van der Waals surface area contributed by atoms with E-state index in [2.05, 4.69) is 5.32 Å². The van der Waals surface area contributed by atoms with Crippen molar-refractivity contribution in [2.45, 2.75) is 38.2 Å². The van der Waals surface area contributed by atoms with Gasteiger partial charge in [-0.05, 0) is 43.5 Å². The summed E-state index contributed by atoms with van der Waals surface area (Å²) in [6, 6.07) is 17.5. The zero-order valence-electron chi connectivity index (χ0n) is 15.1. The zero-order chi connectivity index (χ0) is 18.2. The summed E-state index contributed by atoms with van der Waals surface area (Å²) >= 11 is 0. The number of aliphatic hydroxyl groups is 1. The van der Waals surface area contributed by atoms with Gasteiger partial charge in [-0.3, -0.25) is 4.79 Å². The molecule has 134 valence electrons. The van der Waals surface area contributed by atoms with Crippen LogP contribution < -0.4 is 10.1 Å². The molecule has 0 aliphatic heterocycles. The second kappa shape index (κ2) is 9.23. The quantitative estimate of drug-likeness (QED) is 0.773. The van der Waals surface area contributed by atoms with Gasteiger partial charge in [0.15, 0.2) is 0 Å². The minimum Gasteiger partial charge on any atom is -0.497 e. The molecule has 0 aromatic heterocycles. The van der Waals surface area contributed by atoms with Crippen LogP contribution in [0.3, 0.4) is 0 Å². The average molecular weight is 341 g/mol. The van der Waals surface area contributed by atoms with Crippen LogP contribution in [0.4, 0.5) is 0 Å². The highest BCUT2D eigenvalue weighted by Gasteiger charge is 2.19. The number of hydrogen-bond donors (Lipinski definition) is 2. The molecule has 0 aliphatic rings. The molecule has 3 atom stereocenters. The van der Waals surface area contributed by atoms with Crippen molar-refractivity contribution >= 4 is 5.91 Å². The van der Waals surface area contributed by atoms with Gasteiger partial charge in [-0.25, -0.2) is 0 Å². The van der Waals surface area contributed by atoms with Gasteiger partial charge in [-0.2, -0.15) is 0 Å². The highest BCUT2D eigenvalue weighted by Crippen LogP contribution is 2.22. The first-order chi connectivity index (χ1) is 12.0. The molecule has 0 heterocycles. The molecule has 0 spiro atoms. The summed E-state index contributed by atoms with van der Waals surface area (Å²) in [6.45, 7) is 4.18. The molecule has 25 heavy (non-hydrogen) atoms. The van der Waals surface area contributed by atoms with Crippen LogP contribution in [-0.4, -0.2) is 30.8 Å². The molecule has 0 bridgehead atoms. The highest BCUT2D eigenvalue weighted by molar-refractivity contribution is 5.83. The van der Waals surface area contributed by atoms with Crippen LogP contribution >= 0.6 is 0 Å². The Labute approximate surface area is 149 Å². The Kier molecular flexibility index (Phi) is 7.02. The van der Waals surface area contributed by atoms with Crippen LogP contribution in [0.25, 0.3) is 0 Å². The van der Waals surface area contributed by atoms with Crippen LogP contribution in [0.15, 0.2) is 54.6 Å². The number of amides is 1. The molecule has 4 nitrogen and oxygen atoms in total. The van der Waals surface area contributed by atoms with Crippen molar-refractivity contribution in [1.82, 2.24) is 5.32 Å². The van der Waals surface area contributed by atoms with Gasteiger partial charge in [-0.15, -0.1) is 0 Å². The van der Waals surface area contributed by atoms with Crippen LogP contribution in [0, 0.1) is 0 Å². The van der Waals surface area contributed by atoms with E-state index in [1.54, 1.807) is 14.0 Å². The predicted octanol–water partition coefficient (Wildman–Crippen LogP) is 3.47. The van der Waals surface area contributed by atoms with Crippen molar-refractivity contribution in [1.29, 1.82) is 0 Å². The monoisotopic (exact) mass is 341 g/mol. The van der Waals surface area contributed by atoms with Crippen LogP contribution in [0.1, 0.15) is 43.2 Å². The summed E-state index contributed by atoms with van der Waals surface area (Å²) in [4.78, 5) is 12.5. The number of carbonyl (C=O) groups is 1. The maximum Gasteiger partial charge on any atom is 0.227 e. The number of ether oxygens (including phenoxy) is 1. The Morgan fingerprint density at radius 1 is 1.04 bits per heavy atom. The van der Waals surface area contributed by atoms with Crippen LogP contribution in [-0.2, 0) is 4.79 Å². The third-order valence-corrected chi connectivity index (χ3v) is 4.43. The molecule has 0 saturated heterocycles. The number of benzene rings is 2. The molecular weight excluding hydrogens is 314 g/mol. The van der Waals surface area contributed by atoms with Crippen molar-refractivity contribution in [3.8, 4) is 5.75 Å². The van der Waals surface area contributed by atoms with Gasteiger partial charge < -0.3 is 15.2 Å². The molecule has 2 rings (SSSR count).